The molecule has 0 N–H and O–H groups in total. The van der Waals surface area contributed by atoms with Gasteiger partial charge in [0.2, 0.25) is 0 Å². The molecule has 0 aromatic rings. The molecule has 21 heavy (non-hydrogen) atoms. The number of carbonyl (C=O) groups excluding carboxylic acids is 2. The molecule has 0 aliphatic heterocycles. The SMILES string of the molecule is C=C[C@H]1C[C@@H](/C=C/CCCC)[C@@H](C(=O)OC)[C@H]1C(=O)CC. The van der Waals surface area contributed by atoms with E-state index in [4.69, 9.17) is 4.74 Å². The van der Waals surface area contributed by atoms with Gasteiger partial charge in [0, 0.05) is 12.3 Å². The molecular weight excluding hydrogens is 264 g/mol. The second-order valence-electron chi connectivity index (χ2n) is 5.76. The molecule has 0 aromatic carbocycles. The first-order valence-electron chi connectivity index (χ1n) is 8.00. The van der Waals surface area contributed by atoms with Crippen molar-refractivity contribution in [3.8, 4) is 0 Å². The zero-order chi connectivity index (χ0) is 15.8. The van der Waals surface area contributed by atoms with Gasteiger partial charge in [-0.3, -0.25) is 9.59 Å². The standard InChI is InChI=1S/C18H28O3/c1-5-8-9-10-11-14-12-13(6-2)16(15(19)7-3)17(14)18(20)21-4/h6,10-11,13-14,16-17H,2,5,7-9,12H2,1,3-4H3/b11-10+/t13-,14+,16+,17+/m0/s1. The van der Waals surface area contributed by atoms with Crippen molar-refractivity contribution >= 4 is 11.8 Å². The summed E-state index contributed by atoms with van der Waals surface area (Å²) in [7, 11) is 1.40. The van der Waals surface area contributed by atoms with Crippen molar-refractivity contribution in [3.05, 3.63) is 24.8 Å². The number of carbonyl (C=O) groups is 2. The Kier molecular flexibility index (Phi) is 7.41. The lowest BCUT2D eigenvalue weighted by atomic mass is 9.82. The normalized spacial score (nSPS) is 28.7. The summed E-state index contributed by atoms with van der Waals surface area (Å²) >= 11 is 0. The van der Waals surface area contributed by atoms with E-state index in [9.17, 15) is 9.59 Å². The van der Waals surface area contributed by atoms with Crippen LogP contribution >= 0.6 is 0 Å². The second kappa shape index (κ2) is 8.81. The summed E-state index contributed by atoms with van der Waals surface area (Å²) in [6, 6.07) is 0. The van der Waals surface area contributed by atoms with Crippen LogP contribution in [0.25, 0.3) is 0 Å². The topological polar surface area (TPSA) is 43.4 Å². The summed E-state index contributed by atoms with van der Waals surface area (Å²) in [5, 5.41) is 0. The number of rotatable bonds is 8. The molecule has 0 aromatic heterocycles. The van der Waals surface area contributed by atoms with Gasteiger partial charge in [-0.1, -0.05) is 44.9 Å². The Morgan fingerprint density at radius 1 is 1.24 bits per heavy atom. The Bertz CT molecular complexity index is 397. The van der Waals surface area contributed by atoms with E-state index in [0.717, 1.165) is 25.7 Å². The predicted octanol–water partition coefficient (Wildman–Crippen LogP) is 3.94. The van der Waals surface area contributed by atoms with Crippen LogP contribution in [0.5, 0.6) is 0 Å². The van der Waals surface area contributed by atoms with Gasteiger partial charge in [0.1, 0.15) is 5.78 Å². The lowest BCUT2D eigenvalue weighted by Gasteiger charge is -2.21. The second-order valence-corrected chi connectivity index (χ2v) is 5.76. The van der Waals surface area contributed by atoms with Crippen LogP contribution in [-0.4, -0.2) is 18.9 Å². The Labute approximate surface area is 128 Å². The van der Waals surface area contributed by atoms with E-state index in [1.165, 1.54) is 7.11 Å². The van der Waals surface area contributed by atoms with Gasteiger partial charge in [-0.15, -0.1) is 6.58 Å². The zero-order valence-corrected chi connectivity index (χ0v) is 13.5. The minimum absolute atomic E-state index is 0.0716. The molecule has 0 saturated heterocycles. The zero-order valence-electron chi connectivity index (χ0n) is 13.5. The number of methoxy groups -OCH3 is 1. The van der Waals surface area contributed by atoms with Crippen LogP contribution in [0, 0.1) is 23.7 Å². The van der Waals surface area contributed by atoms with E-state index in [1.807, 2.05) is 13.0 Å². The summed E-state index contributed by atoms with van der Waals surface area (Å²) < 4.78 is 4.95. The third-order valence-electron chi connectivity index (χ3n) is 4.46. The molecule has 0 heterocycles. The minimum Gasteiger partial charge on any atom is -0.469 e. The monoisotopic (exact) mass is 292 g/mol. The Morgan fingerprint density at radius 2 is 1.95 bits per heavy atom. The molecule has 1 aliphatic carbocycles. The lowest BCUT2D eigenvalue weighted by Crippen LogP contribution is -2.31. The van der Waals surface area contributed by atoms with Crippen LogP contribution in [0.2, 0.25) is 0 Å². The molecule has 0 bridgehead atoms. The summed E-state index contributed by atoms with van der Waals surface area (Å²) in [4.78, 5) is 24.4. The molecule has 4 atom stereocenters. The van der Waals surface area contributed by atoms with Crippen molar-refractivity contribution in [1.29, 1.82) is 0 Å². The number of allylic oxidation sites excluding steroid dienone is 3. The molecule has 1 fully saturated rings. The molecule has 3 heteroatoms. The smallest absolute Gasteiger partial charge is 0.310 e. The number of hydrogen-bond donors (Lipinski definition) is 0. The summed E-state index contributed by atoms with van der Waals surface area (Å²) in [6.45, 7) is 7.85. The number of esters is 1. The van der Waals surface area contributed by atoms with Gasteiger partial charge >= 0.3 is 5.97 Å². The molecule has 0 unspecified atom stereocenters. The fourth-order valence-electron chi connectivity index (χ4n) is 3.31. The molecule has 118 valence electrons. The molecule has 0 spiro atoms. The van der Waals surface area contributed by atoms with Crippen LogP contribution in [0.1, 0.15) is 46.0 Å². The number of unbranched alkanes of at least 4 members (excludes halogenated alkanes) is 2. The highest BCUT2D eigenvalue weighted by atomic mass is 16.5. The van der Waals surface area contributed by atoms with Crippen LogP contribution in [0.3, 0.4) is 0 Å². The molecular formula is C18H28O3. The fraction of sp³-hybridized carbons (Fsp3) is 0.667. The van der Waals surface area contributed by atoms with Crippen molar-refractivity contribution in [2.45, 2.75) is 46.0 Å². The largest absolute Gasteiger partial charge is 0.469 e. The fourth-order valence-corrected chi connectivity index (χ4v) is 3.31. The van der Waals surface area contributed by atoms with Crippen molar-refractivity contribution in [3.63, 3.8) is 0 Å². The van der Waals surface area contributed by atoms with Gasteiger partial charge in [-0.2, -0.15) is 0 Å². The number of Topliss-reactive ketones (excluding diaryl/α,β-unsaturated/α-hetero) is 1. The lowest BCUT2D eigenvalue weighted by molar-refractivity contribution is -0.150. The van der Waals surface area contributed by atoms with E-state index in [-0.39, 0.29) is 35.4 Å². The van der Waals surface area contributed by atoms with Crippen LogP contribution in [-0.2, 0) is 14.3 Å². The third kappa shape index (κ3) is 4.29. The summed E-state index contributed by atoms with van der Waals surface area (Å²) in [5.74, 6) is -0.611. The molecule has 0 radical (unpaired) electrons. The van der Waals surface area contributed by atoms with Crippen LogP contribution in [0.15, 0.2) is 24.8 Å². The van der Waals surface area contributed by atoms with Crippen molar-refractivity contribution < 1.29 is 14.3 Å². The van der Waals surface area contributed by atoms with E-state index < -0.39 is 0 Å². The van der Waals surface area contributed by atoms with E-state index in [2.05, 4.69) is 25.7 Å². The van der Waals surface area contributed by atoms with E-state index in [0.29, 0.717) is 6.42 Å². The molecule has 1 aliphatic rings. The first kappa shape index (κ1) is 17.7. The van der Waals surface area contributed by atoms with Gasteiger partial charge in [0.05, 0.1) is 13.0 Å². The predicted molar refractivity (Wildman–Crippen MR) is 84.8 cm³/mol. The Balaban J connectivity index is 2.96. The van der Waals surface area contributed by atoms with Crippen molar-refractivity contribution in [1.82, 2.24) is 0 Å². The first-order valence-corrected chi connectivity index (χ1v) is 8.00. The third-order valence-corrected chi connectivity index (χ3v) is 4.46. The number of ketones is 1. The maximum absolute atomic E-state index is 12.3. The van der Waals surface area contributed by atoms with Crippen molar-refractivity contribution in [2.24, 2.45) is 23.7 Å². The van der Waals surface area contributed by atoms with Crippen molar-refractivity contribution in [2.75, 3.05) is 7.11 Å². The van der Waals surface area contributed by atoms with Gasteiger partial charge < -0.3 is 4.74 Å². The molecule has 1 saturated carbocycles. The van der Waals surface area contributed by atoms with Crippen LogP contribution in [0.4, 0.5) is 0 Å². The summed E-state index contributed by atoms with van der Waals surface area (Å²) in [6.07, 6.45) is 10.7. The van der Waals surface area contributed by atoms with Gasteiger partial charge in [0.15, 0.2) is 0 Å². The average Bonchev–Trinajstić information content (AvgIpc) is 2.88. The Hall–Kier alpha value is -1.38. The molecule has 3 nitrogen and oxygen atoms in total. The molecule has 1 rings (SSSR count). The van der Waals surface area contributed by atoms with Gasteiger partial charge in [-0.05, 0) is 24.7 Å². The average molecular weight is 292 g/mol. The highest BCUT2D eigenvalue weighted by molar-refractivity contribution is 5.88. The van der Waals surface area contributed by atoms with Gasteiger partial charge in [0.25, 0.3) is 0 Å². The molecule has 0 amide bonds. The van der Waals surface area contributed by atoms with E-state index in [1.54, 1.807) is 0 Å². The number of ether oxygens (including phenoxy) is 1. The first-order chi connectivity index (χ1) is 10.1. The minimum atomic E-state index is -0.358. The van der Waals surface area contributed by atoms with E-state index >= 15 is 0 Å². The van der Waals surface area contributed by atoms with Crippen LogP contribution < -0.4 is 0 Å². The Morgan fingerprint density at radius 3 is 2.48 bits per heavy atom. The summed E-state index contributed by atoms with van der Waals surface area (Å²) in [5.41, 5.74) is 0. The maximum Gasteiger partial charge on any atom is 0.310 e. The quantitative estimate of drug-likeness (QED) is 0.386. The number of hydrogen-bond acceptors (Lipinski definition) is 3. The maximum atomic E-state index is 12.3. The van der Waals surface area contributed by atoms with Gasteiger partial charge in [-0.25, -0.2) is 0 Å². The highest BCUT2D eigenvalue weighted by Gasteiger charge is 2.48. The highest BCUT2D eigenvalue weighted by Crippen LogP contribution is 2.44.